The largest absolute Gasteiger partial charge is 0.480 e. The van der Waals surface area contributed by atoms with Crippen LogP contribution in [0.3, 0.4) is 0 Å². The van der Waals surface area contributed by atoms with Crippen LogP contribution in [-0.2, 0) is 16.0 Å². The second-order valence-electron chi connectivity index (χ2n) is 3.05. The molecule has 0 aromatic carbocycles. The summed E-state index contributed by atoms with van der Waals surface area (Å²) in [5.41, 5.74) is 0. The van der Waals surface area contributed by atoms with Crippen LogP contribution in [0.2, 0.25) is 0 Å². The first-order chi connectivity index (χ1) is 8.13. The van der Waals surface area contributed by atoms with E-state index in [1.54, 1.807) is 11.6 Å². The lowest BCUT2D eigenvalue weighted by Crippen LogP contribution is -2.42. The molecular formula is C10H12N2O4S. The summed E-state index contributed by atoms with van der Waals surface area (Å²) in [6.45, 7) is 3.42. The second kappa shape index (κ2) is 6.64. The Bertz CT molecular complexity index is 391. The third-order valence-corrected chi connectivity index (χ3v) is 2.59. The summed E-state index contributed by atoms with van der Waals surface area (Å²) in [4.78, 5) is 26.1. The first-order valence-electron chi connectivity index (χ1n) is 4.79. The molecule has 0 radical (unpaired) electrons. The number of carboxylic acid groups (broad SMARTS) is 1. The summed E-state index contributed by atoms with van der Waals surface area (Å²) in [6, 6.07) is -1.04. The maximum atomic E-state index is 11.2. The molecule has 0 bridgehead atoms. The number of carbonyl (C=O) groups excluding carboxylic acids is 1. The number of nitrogens with zero attached hydrogens (tertiary/aromatic N) is 1. The molecule has 2 N–H and O–H groups in total. The van der Waals surface area contributed by atoms with E-state index in [0.717, 1.165) is 0 Å². The quantitative estimate of drug-likeness (QED) is 0.743. The summed E-state index contributed by atoms with van der Waals surface area (Å²) in [7, 11) is 0. The molecule has 92 valence electrons. The van der Waals surface area contributed by atoms with Crippen LogP contribution in [0.4, 0.5) is 4.79 Å². The number of aromatic nitrogens is 1. The van der Waals surface area contributed by atoms with Gasteiger partial charge in [0, 0.05) is 18.0 Å². The fourth-order valence-corrected chi connectivity index (χ4v) is 1.71. The minimum atomic E-state index is -1.13. The van der Waals surface area contributed by atoms with Gasteiger partial charge < -0.3 is 15.2 Å². The van der Waals surface area contributed by atoms with Gasteiger partial charge in [-0.2, -0.15) is 0 Å². The van der Waals surface area contributed by atoms with Crippen LogP contribution in [-0.4, -0.2) is 34.8 Å². The average Bonchev–Trinajstić information content (AvgIpc) is 2.78. The van der Waals surface area contributed by atoms with E-state index < -0.39 is 18.1 Å². The molecule has 17 heavy (non-hydrogen) atoms. The van der Waals surface area contributed by atoms with Gasteiger partial charge in [-0.25, -0.2) is 14.6 Å². The molecule has 1 rings (SSSR count). The Hall–Kier alpha value is -1.89. The van der Waals surface area contributed by atoms with Crippen molar-refractivity contribution >= 4 is 23.4 Å². The standard InChI is InChI=1S/C10H12N2O4S/c1-2-4-16-10(15)12-7(9(13)14)6-8-11-3-5-17-8/h2-3,5,7H,1,4,6H2,(H,12,15)(H,13,14). The Morgan fingerprint density at radius 3 is 3.00 bits per heavy atom. The number of nitrogens with one attached hydrogen (secondary N) is 1. The molecular weight excluding hydrogens is 244 g/mol. The summed E-state index contributed by atoms with van der Waals surface area (Å²) >= 11 is 1.33. The molecule has 0 aliphatic rings. The summed E-state index contributed by atoms with van der Waals surface area (Å²) in [6.07, 6.45) is 2.33. The van der Waals surface area contributed by atoms with Gasteiger partial charge in [-0.15, -0.1) is 11.3 Å². The Balaban J connectivity index is 2.51. The molecule has 1 heterocycles. The molecule has 0 spiro atoms. The summed E-state index contributed by atoms with van der Waals surface area (Å²) in [5.74, 6) is -1.13. The molecule has 0 saturated carbocycles. The smallest absolute Gasteiger partial charge is 0.408 e. The number of alkyl carbamates (subject to hydrolysis) is 1. The number of carboxylic acids is 1. The monoisotopic (exact) mass is 256 g/mol. The van der Waals surface area contributed by atoms with Gasteiger partial charge >= 0.3 is 12.1 Å². The van der Waals surface area contributed by atoms with E-state index in [4.69, 9.17) is 5.11 Å². The minimum Gasteiger partial charge on any atom is -0.480 e. The van der Waals surface area contributed by atoms with Gasteiger partial charge in [0.2, 0.25) is 0 Å². The van der Waals surface area contributed by atoms with Crippen LogP contribution in [0.25, 0.3) is 0 Å². The van der Waals surface area contributed by atoms with Gasteiger partial charge in [-0.3, -0.25) is 0 Å². The van der Waals surface area contributed by atoms with E-state index in [-0.39, 0.29) is 13.0 Å². The molecule has 0 saturated heterocycles. The van der Waals surface area contributed by atoms with E-state index in [1.165, 1.54) is 17.4 Å². The molecule has 1 amide bonds. The highest BCUT2D eigenvalue weighted by molar-refractivity contribution is 7.09. The van der Waals surface area contributed by atoms with Crippen LogP contribution >= 0.6 is 11.3 Å². The predicted octanol–water partition coefficient (Wildman–Crippen LogP) is 1.05. The Labute approximate surface area is 102 Å². The van der Waals surface area contributed by atoms with Crippen LogP contribution in [0.1, 0.15) is 5.01 Å². The van der Waals surface area contributed by atoms with Crippen LogP contribution in [0.15, 0.2) is 24.2 Å². The van der Waals surface area contributed by atoms with Crippen LogP contribution < -0.4 is 5.32 Å². The van der Waals surface area contributed by atoms with Crippen molar-refractivity contribution in [2.24, 2.45) is 0 Å². The number of aliphatic carboxylic acids is 1. The molecule has 6 nitrogen and oxygen atoms in total. The van der Waals surface area contributed by atoms with Gasteiger partial charge in [-0.05, 0) is 0 Å². The second-order valence-corrected chi connectivity index (χ2v) is 4.03. The fourth-order valence-electron chi connectivity index (χ4n) is 1.05. The first-order valence-corrected chi connectivity index (χ1v) is 5.66. The van der Waals surface area contributed by atoms with Gasteiger partial charge in [0.25, 0.3) is 0 Å². The van der Waals surface area contributed by atoms with Crippen molar-refractivity contribution in [3.63, 3.8) is 0 Å². The number of rotatable bonds is 6. The average molecular weight is 256 g/mol. The van der Waals surface area contributed by atoms with Crippen molar-refractivity contribution in [2.45, 2.75) is 12.5 Å². The number of ether oxygens (including phenoxy) is 1. The maximum Gasteiger partial charge on any atom is 0.408 e. The molecule has 1 aromatic rings. The van der Waals surface area contributed by atoms with E-state index in [2.05, 4.69) is 21.6 Å². The topological polar surface area (TPSA) is 88.5 Å². The van der Waals surface area contributed by atoms with Gasteiger partial charge in [0.1, 0.15) is 12.6 Å². The highest BCUT2D eigenvalue weighted by Crippen LogP contribution is 2.07. The molecule has 1 aromatic heterocycles. The van der Waals surface area contributed by atoms with Crippen molar-refractivity contribution in [3.8, 4) is 0 Å². The Morgan fingerprint density at radius 2 is 2.47 bits per heavy atom. The predicted molar refractivity (Wildman–Crippen MR) is 61.9 cm³/mol. The van der Waals surface area contributed by atoms with Gasteiger partial charge in [0.15, 0.2) is 0 Å². The normalized spacial score (nSPS) is 11.5. The van der Waals surface area contributed by atoms with Crippen molar-refractivity contribution < 1.29 is 19.4 Å². The molecule has 0 aliphatic heterocycles. The Morgan fingerprint density at radius 1 is 1.71 bits per heavy atom. The maximum absolute atomic E-state index is 11.2. The van der Waals surface area contributed by atoms with E-state index in [9.17, 15) is 9.59 Å². The molecule has 1 atom stereocenters. The van der Waals surface area contributed by atoms with E-state index in [0.29, 0.717) is 5.01 Å². The van der Waals surface area contributed by atoms with E-state index >= 15 is 0 Å². The van der Waals surface area contributed by atoms with Gasteiger partial charge in [0.05, 0.1) is 5.01 Å². The van der Waals surface area contributed by atoms with Crippen molar-refractivity contribution in [1.29, 1.82) is 0 Å². The zero-order valence-electron chi connectivity index (χ0n) is 8.96. The third-order valence-electron chi connectivity index (χ3n) is 1.78. The highest BCUT2D eigenvalue weighted by atomic mass is 32.1. The van der Waals surface area contributed by atoms with Crippen molar-refractivity contribution in [1.82, 2.24) is 10.3 Å². The Kier molecular flexibility index (Phi) is 5.15. The van der Waals surface area contributed by atoms with Gasteiger partial charge in [-0.1, -0.05) is 12.7 Å². The lowest BCUT2D eigenvalue weighted by atomic mass is 10.2. The minimum absolute atomic E-state index is 0.0371. The number of amides is 1. The number of hydrogen-bond donors (Lipinski definition) is 2. The van der Waals surface area contributed by atoms with Crippen LogP contribution in [0.5, 0.6) is 0 Å². The number of hydrogen-bond acceptors (Lipinski definition) is 5. The number of thiazole rings is 1. The SMILES string of the molecule is C=CCOC(=O)NC(Cc1nccs1)C(=O)O. The first kappa shape index (κ1) is 13.2. The van der Waals surface area contributed by atoms with E-state index in [1.807, 2.05) is 0 Å². The van der Waals surface area contributed by atoms with Crippen LogP contribution in [0, 0.1) is 0 Å². The van der Waals surface area contributed by atoms with Crippen molar-refractivity contribution in [3.05, 3.63) is 29.2 Å². The molecule has 0 fully saturated rings. The molecule has 1 unspecified atom stereocenters. The fraction of sp³-hybridized carbons (Fsp3) is 0.300. The lowest BCUT2D eigenvalue weighted by molar-refractivity contribution is -0.139. The summed E-state index contributed by atoms with van der Waals surface area (Å²) in [5, 5.41) is 13.6. The highest BCUT2D eigenvalue weighted by Gasteiger charge is 2.21. The zero-order chi connectivity index (χ0) is 12.7. The molecule has 7 heteroatoms. The lowest BCUT2D eigenvalue weighted by Gasteiger charge is -2.12. The zero-order valence-corrected chi connectivity index (χ0v) is 9.77. The number of carbonyl (C=O) groups is 2. The molecule has 0 aliphatic carbocycles. The van der Waals surface area contributed by atoms with Crippen molar-refractivity contribution in [2.75, 3.05) is 6.61 Å². The summed E-state index contributed by atoms with van der Waals surface area (Å²) < 4.78 is 4.64. The third kappa shape index (κ3) is 4.64.